The third kappa shape index (κ3) is 2.45. The Morgan fingerprint density at radius 3 is 2.15 bits per heavy atom. The highest BCUT2D eigenvalue weighted by molar-refractivity contribution is 5.91. The van der Waals surface area contributed by atoms with E-state index in [1.807, 2.05) is 6.07 Å². The Kier molecular flexibility index (Phi) is 3.94. The van der Waals surface area contributed by atoms with Gasteiger partial charge in [0.05, 0.1) is 5.69 Å². The van der Waals surface area contributed by atoms with E-state index in [4.69, 9.17) is 4.74 Å². The van der Waals surface area contributed by atoms with Gasteiger partial charge in [-0.05, 0) is 19.1 Å². The molecule has 1 aromatic heterocycles. The molecule has 102 valence electrons. The van der Waals surface area contributed by atoms with E-state index in [0.717, 1.165) is 0 Å². The molecule has 0 saturated carbocycles. The minimum Gasteiger partial charge on any atom is -0.440 e. The molecule has 0 fully saturated rings. The van der Waals surface area contributed by atoms with Crippen LogP contribution in [0.4, 0.5) is 0 Å². The molecule has 1 unspecified atom stereocenters. The van der Waals surface area contributed by atoms with Gasteiger partial charge in [-0.3, -0.25) is 14.6 Å². The topological polar surface area (TPSA) is 56.3 Å². The van der Waals surface area contributed by atoms with Crippen LogP contribution in [0.5, 0.6) is 0 Å². The third-order valence-electron chi connectivity index (χ3n) is 3.00. The predicted octanol–water partition coefficient (Wildman–Crippen LogP) is 2.48. The molecule has 4 nitrogen and oxygen atoms in total. The Bertz CT molecular complexity index is 569. The Labute approximate surface area is 117 Å². The van der Waals surface area contributed by atoms with Crippen LogP contribution < -0.4 is 0 Å². The van der Waals surface area contributed by atoms with E-state index < -0.39 is 11.6 Å². The van der Waals surface area contributed by atoms with Crippen molar-refractivity contribution in [2.24, 2.45) is 0 Å². The fourth-order valence-corrected chi connectivity index (χ4v) is 2.17. The molecule has 1 atom stereocenters. The first kappa shape index (κ1) is 13.9. The van der Waals surface area contributed by atoms with Crippen LogP contribution in [0, 0.1) is 0 Å². The Balaban J connectivity index is 2.69. The summed E-state index contributed by atoms with van der Waals surface area (Å²) >= 11 is 0. The van der Waals surface area contributed by atoms with Crippen LogP contribution in [-0.2, 0) is 19.9 Å². The number of ketones is 1. The summed E-state index contributed by atoms with van der Waals surface area (Å²) in [4.78, 5) is 28.0. The summed E-state index contributed by atoms with van der Waals surface area (Å²) < 4.78 is 5.42. The SMILES string of the molecule is CC(=O)OC(C(C)=O)(c1ccccc1)c1ccccn1. The summed E-state index contributed by atoms with van der Waals surface area (Å²) in [5.41, 5.74) is -0.510. The largest absolute Gasteiger partial charge is 0.440 e. The van der Waals surface area contributed by atoms with Gasteiger partial charge in [-0.1, -0.05) is 36.4 Å². The summed E-state index contributed by atoms with van der Waals surface area (Å²) in [5, 5.41) is 0. The highest BCUT2D eigenvalue weighted by Crippen LogP contribution is 2.33. The Morgan fingerprint density at radius 2 is 1.65 bits per heavy atom. The molecular formula is C16H15NO3. The molecule has 0 aliphatic heterocycles. The molecule has 20 heavy (non-hydrogen) atoms. The summed E-state index contributed by atoms with van der Waals surface area (Å²) in [6.45, 7) is 2.67. The number of pyridine rings is 1. The lowest BCUT2D eigenvalue weighted by molar-refractivity contribution is -0.161. The highest BCUT2D eigenvalue weighted by Gasteiger charge is 2.44. The second kappa shape index (κ2) is 5.65. The summed E-state index contributed by atoms with van der Waals surface area (Å²) in [5.74, 6) is -0.827. The quantitative estimate of drug-likeness (QED) is 0.800. The van der Waals surface area contributed by atoms with E-state index in [2.05, 4.69) is 4.98 Å². The van der Waals surface area contributed by atoms with Crippen molar-refractivity contribution in [3.8, 4) is 0 Å². The van der Waals surface area contributed by atoms with Crippen molar-refractivity contribution in [3.05, 3.63) is 66.0 Å². The van der Waals surface area contributed by atoms with E-state index in [-0.39, 0.29) is 5.78 Å². The summed E-state index contributed by atoms with van der Waals surface area (Å²) in [6, 6.07) is 14.1. The zero-order valence-electron chi connectivity index (χ0n) is 11.4. The zero-order chi connectivity index (χ0) is 14.6. The van der Waals surface area contributed by atoms with Gasteiger partial charge in [-0.15, -0.1) is 0 Å². The molecular weight excluding hydrogens is 254 g/mol. The molecule has 0 aliphatic carbocycles. The highest BCUT2D eigenvalue weighted by atomic mass is 16.6. The molecule has 0 radical (unpaired) electrons. The number of hydrogen-bond donors (Lipinski definition) is 0. The van der Waals surface area contributed by atoms with Crippen LogP contribution in [-0.4, -0.2) is 16.7 Å². The lowest BCUT2D eigenvalue weighted by Crippen LogP contribution is -2.40. The number of Topliss-reactive ketones (excluding diaryl/α,β-unsaturated/α-hetero) is 1. The van der Waals surface area contributed by atoms with E-state index >= 15 is 0 Å². The summed E-state index contributed by atoms with van der Waals surface area (Å²) in [7, 11) is 0. The van der Waals surface area contributed by atoms with Crippen LogP contribution in [0.15, 0.2) is 54.7 Å². The van der Waals surface area contributed by atoms with E-state index in [9.17, 15) is 9.59 Å². The van der Waals surface area contributed by atoms with Crippen molar-refractivity contribution >= 4 is 11.8 Å². The lowest BCUT2D eigenvalue weighted by Gasteiger charge is -2.30. The maximum absolute atomic E-state index is 12.3. The number of esters is 1. The van der Waals surface area contributed by atoms with Crippen molar-refractivity contribution in [2.75, 3.05) is 0 Å². The Morgan fingerprint density at radius 1 is 1.00 bits per heavy atom. The van der Waals surface area contributed by atoms with E-state index in [0.29, 0.717) is 11.3 Å². The number of carbonyl (C=O) groups is 2. The van der Waals surface area contributed by atoms with Gasteiger partial charge in [0.15, 0.2) is 5.78 Å². The number of aromatic nitrogens is 1. The maximum atomic E-state index is 12.3. The lowest BCUT2D eigenvalue weighted by atomic mass is 9.86. The van der Waals surface area contributed by atoms with E-state index in [1.54, 1.807) is 48.7 Å². The van der Waals surface area contributed by atoms with Gasteiger partial charge in [0, 0.05) is 18.7 Å². The average molecular weight is 269 g/mol. The van der Waals surface area contributed by atoms with Crippen LogP contribution in [0.3, 0.4) is 0 Å². The van der Waals surface area contributed by atoms with Gasteiger partial charge in [0.25, 0.3) is 0 Å². The molecule has 0 spiro atoms. The number of carbonyl (C=O) groups excluding carboxylic acids is 2. The van der Waals surface area contributed by atoms with Crippen molar-refractivity contribution in [1.29, 1.82) is 0 Å². The summed E-state index contributed by atoms with van der Waals surface area (Å²) in [6.07, 6.45) is 1.57. The minimum absolute atomic E-state index is 0.294. The minimum atomic E-state index is -1.49. The van der Waals surface area contributed by atoms with Gasteiger partial charge in [-0.2, -0.15) is 0 Å². The first-order valence-electron chi connectivity index (χ1n) is 6.25. The molecule has 2 rings (SSSR count). The first-order chi connectivity index (χ1) is 9.57. The van der Waals surface area contributed by atoms with Crippen molar-refractivity contribution in [2.45, 2.75) is 19.4 Å². The number of hydrogen-bond acceptors (Lipinski definition) is 4. The molecule has 0 saturated heterocycles. The standard InChI is InChI=1S/C16H15NO3/c1-12(18)16(20-13(2)19,14-8-4-3-5-9-14)15-10-6-7-11-17-15/h3-11H,1-2H3. The van der Waals surface area contributed by atoms with Crippen molar-refractivity contribution < 1.29 is 14.3 Å². The molecule has 2 aromatic rings. The molecule has 1 heterocycles. The monoisotopic (exact) mass is 269 g/mol. The van der Waals surface area contributed by atoms with E-state index in [1.165, 1.54) is 13.8 Å². The second-order valence-electron chi connectivity index (χ2n) is 4.41. The van der Waals surface area contributed by atoms with Crippen molar-refractivity contribution in [1.82, 2.24) is 4.98 Å². The number of rotatable bonds is 4. The molecule has 0 aliphatic rings. The number of ether oxygens (including phenoxy) is 1. The van der Waals surface area contributed by atoms with Crippen LogP contribution in [0.25, 0.3) is 0 Å². The van der Waals surface area contributed by atoms with Gasteiger partial charge in [-0.25, -0.2) is 0 Å². The smallest absolute Gasteiger partial charge is 0.304 e. The average Bonchev–Trinajstić information content (AvgIpc) is 2.46. The predicted molar refractivity (Wildman–Crippen MR) is 73.9 cm³/mol. The first-order valence-corrected chi connectivity index (χ1v) is 6.25. The maximum Gasteiger partial charge on any atom is 0.304 e. The van der Waals surface area contributed by atoms with Crippen molar-refractivity contribution in [3.63, 3.8) is 0 Å². The van der Waals surface area contributed by atoms with Gasteiger partial charge >= 0.3 is 5.97 Å². The number of benzene rings is 1. The Hall–Kier alpha value is -2.49. The van der Waals surface area contributed by atoms with Crippen LogP contribution in [0.1, 0.15) is 25.1 Å². The third-order valence-corrected chi connectivity index (χ3v) is 3.00. The molecule has 4 heteroatoms. The number of nitrogens with zero attached hydrogens (tertiary/aromatic N) is 1. The molecule has 1 aromatic carbocycles. The zero-order valence-corrected chi connectivity index (χ0v) is 11.4. The van der Waals surface area contributed by atoms with Crippen LogP contribution >= 0.6 is 0 Å². The van der Waals surface area contributed by atoms with Gasteiger partial charge in [0.1, 0.15) is 0 Å². The van der Waals surface area contributed by atoms with Crippen LogP contribution in [0.2, 0.25) is 0 Å². The fourth-order valence-electron chi connectivity index (χ4n) is 2.17. The fraction of sp³-hybridized carbons (Fsp3) is 0.188. The molecule has 0 amide bonds. The molecule has 0 N–H and O–H groups in total. The molecule has 0 bridgehead atoms. The van der Waals surface area contributed by atoms with Gasteiger partial charge < -0.3 is 4.74 Å². The van der Waals surface area contributed by atoms with Gasteiger partial charge in [0.2, 0.25) is 5.60 Å². The normalized spacial score (nSPS) is 13.3. The second-order valence-corrected chi connectivity index (χ2v) is 4.41.